The van der Waals surface area contributed by atoms with Gasteiger partial charge in [-0.1, -0.05) is 5.92 Å². The summed E-state index contributed by atoms with van der Waals surface area (Å²) in [6.45, 7) is 0. The van der Waals surface area contributed by atoms with Gasteiger partial charge in [0, 0.05) is 12.0 Å². The first-order valence-corrected chi connectivity index (χ1v) is 3.75. The van der Waals surface area contributed by atoms with Crippen LogP contribution in [0.5, 0.6) is 11.5 Å². The Labute approximate surface area is 80.8 Å². The van der Waals surface area contributed by atoms with Crippen molar-refractivity contribution in [3.05, 3.63) is 23.8 Å². The molecule has 0 bridgehead atoms. The van der Waals surface area contributed by atoms with Crippen molar-refractivity contribution >= 4 is 5.97 Å². The molecule has 0 atom stereocenters. The predicted octanol–water partition coefficient (Wildman–Crippen LogP) is 0.837. The fourth-order valence-electron chi connectivity index (χ4n) is 0.865. The lowest BCUT2D eigenvalue weighted by Gasteiger charge is -2.00. The molecule has 0 aliphatic heterocycles. The van der Waals surface area contributed by atoms with Gasteiger partial charge in [-0.25, -0.2) is 4.79 Å². The van der Waals surface area contributed by atoms with Gasteiger partial charge in [0.15, 0.2) is 0 Å². The van der Waals surface area contributed by atoms with Crippen molar-refractivity contribution in [1.82, 2.24) is 0 Å². The molecule has 4 heteroatoms. The molecule has 0 aliphatic carbocycles. The summed E-state index contributed by atoms with van der Waals surface area (Å²) in [4.78, 5) is 10.1. The van der Waals surface area contributed by atoms with Gasteiger partial charge in [0.05, 0.1) is 12.7 Å². The van der Waals surface area contributed by atoms with E-state index in [4.69, 9.17) is 9.84 Å². The molecular formula is C10H8O4. The van der Waals surface area contributed by atoms with E-state index >= 15 is 0 Å². The zero-order chi connectivity index (χ0) is 10.6. The fraction of sp³-hybridized carbons (Fsp3) is 0.100. The normalized spacial score (nSPS) is 8.64. The van der Waals surface area contributed by atoms with Crippen molar-refractivity contribution < 1.29 is 19.7 Å². The van der Waals surface area contributed by atoms with Crippen molar-refractivity contribution in [3.63, 3.8) is 0 Å². The second-order valence-electron chi connectivity index (χ2n) is 2.44. The second kappa shape index (κ2) is 4.19. The number of phenols is 1. The number of ether oxygens (including phenoxy) is 1. The van der Waals surface area contributed by atoms with Crippen LogP contribution in [0.15, 0.2) is 18.2 Å². The molecular weight excluding hydrogens is 184 g/mol. The van der Waals surface area contributed by atoms with Crippen LogP contribution in [0, 0.1) is 11.8 Å². The van der Waals surface area contributed by atoms with Crippen LogP contribution in [0.2, 0.25) is 0 Å². The van der Waals surface area contributed by atoms with Crippen LogP contribution in [0.1, 0.15) is 5.56 Å². The highest BCUT2D eigenvalue weighted by molar-refractivity contribution is 5.87. The van der Waals surface area contributed by atoms with Crippen LogP contribution in [-0.2, 0) is 4.79 Å². The van der Waals surface area contributed by atoms with Crippen LogP contribution in [0.3, 0.4) is 0 Å². The molecule has 0 saturated carbocycles. The van der Waals surface area contributed by atoms with E-state index in [9.17, 15) is 9.90 Å². The van der Waals surface area contributed by atoms with E-state index in [0.29, 0.717) is 5.75 Å². The van der Waals surface area contributed by atoms with Crippen LogP contribution in [0.25, 0.3) is 0 Å². The molecule has 0 unspecified atom stereocenters. The lowest BCUT2D eigenvalue weighted by atomic mass is 10.2. The monoisotopic (exact) mass is 192 g/mol. The van der Waals surface area contributed by atoms with Gasteiger partial charge in [0.25, 0.3) is 0 Å². The minimum atomic E-state index is -1.24. The van der Waals surface area contributed by atoms with Crippen LogP contribution < -0.4 is 4.74 Å². The summed E-state index contributed by atoms with van der Waals surface area (Å²) in [6.07, 6.45) is 0. The van der Waals surface area contributed by atoms with E-state index in [1.807, 2.05) is 5.92 Å². The van der Waals surface area contributed by atoms with Gasteiger partial charge in [-0.3, -0.25) is 0 Å². The summed E-state index contributed by atoms with van der Waals surface area (Å²) < 4.78 is 4.85. The first-order chi connectivity index (χ1) is 6.63. The van der Waals surface area contributed by atoms with E-state index in [1.165, 1.54) is 19.2 Å². The van der Waals surface area contributed by atoms with E-state index < -0.39 is 5.97 Å². The number of aliphatic carboxylic acids is 1. The quantitative estimate of drug-likeness (QED) is 0.647. The number of aromatic hydroxyl groups is 1. The second-order valence-corrected chi connectivity index (χ2v) is 2.44. The Morgan fingerprint density at radius 3 is 2.71 bits per heavy atom. The first-order valence-electron chi connectivity index (χ1n) is 3.75. The standard InChI is InChI=1S/C10H8O4/c1-14-8-4-2-7(9(11)6-8)3-5-10(12)13/h2,4,6,11H,1H3,(H,12,13). The summed E-state index contributed by atoms with van der Waals surface area (Å²) >= 11 is 0. The number of benzene rings is 1. The molecule has 72 valence electrons. The third-order valence-electron chi connectivity index (χ3n) is 1.51. The molecule has 0 radical (unpaired) electrons. The van der Waals surface area contributed by atoms with Crippen LogP contribution >= 0.6 is 0 Å². The highest BCUT2D eigenvalue weighted by Gasteiger charge is 1.99. The van der Waals surface area contributed by atoms with Crippen molar-refractivity contribution in [2.24, 2.45) is 0 Å². The molecule has 14 heavy (non-hydrogen) atoms. The number of rotatable bonds is 1. The number of hydrogen-bond acceptors (Lipinski definition) is 3. The maximum absolute atomic E-state index is 10.1. The van der Waals surface area contributed by atoms with Gasteiger partial charge in [0.1, 0.15) is 11.5 Å². The predicted molar refractivity (Wildman–Crippen MR) is 49.2 cm³/mol. The summed E-state index contributed by atoms with van der Waals surface area (Å²) in [5.41, 5.74) is 0.258. The Bertz CT molecular complexity index is 412. The van der Waals surface area contributed by atoms with Gasteiger partial charge in [0.2, 0.25) is 0 Å². The molecule has 0 aliphatic rings. The summed E-state index contributed by atoms with van der Waals surface area (Å²) in [7, 11) is 1.47. The molecule has 0 saturated heterocycles. The Hall–Kier alpha value is -2.15. The molecule has 2 N–H and O–H groups in total. The average molecular weight is 192 g/mol. The van der Waals surface area contributed by atoms with Gasteiger partial charge >= 0.3 is 5.97 Å². The van der Waals surface area contributed by atoms with Gasteiger partial charge < -0.3 is 14.9 Å². The first kappa shape index (κ1) is 9.93. The van der Waals surface area contributed by atoms with Crippen molar-refractivity contribution in [2.45, 2.75) is 0 Å². The van der Waals surface area contributed by atoms with E-state index in [-0.39, 0.29) is 11.3 Å². The molecule has 1 aromatic carbocycles. The Balaban J connectivity index is 3.02. The minimum Gasteiger partial charge on any atom is -0.507 e. The zero-order valence-corrected chi connectivity index (χ0v) is 7.44. The Morgan fingerprint density at radius 2 is 2.21 bits per heavy atom. The highest BCUT2D eigenvalue weighted by Crippen LogP contribution is 2.22. The van der Waals surface area contributed by atoms with Crippen LogP contribution in [0.4, 0.5) is 0 Å². The molecule has 0 spiro atoms. The average Bonchev–Trinajstić information content (AvgIpc) is 2.15. The topological polar surface area (TPSA) is 66.8 Å². The fourth-order valence-corrected chi connectivity index (χ4v) is 0.865. The number of methoxy groups -OCH3 is 1. The number of carboxylic acid groups (broad SMARTS) is 1. The Kier molecular flexibility index (Phi) is 2.97. The molecule has 0 fully saturated rings. The maximum atomic E-state index is 10.1. The van der Waals surface area contributed by atoms with Gasteiger partial charge in [-0.05, 0) is 12.1 Å². The highest BCUT2D eigenvalue weighted by atomic mass is 16.5. The van der Waals surface area contributed by atoms with Gasteiger partial charge in [-0.2, -0.15) is 0 Å². The third kappa shape index (κ3) is 2.42. The molecule has 1 aromatic rings. The van der Waals surface area contributed by atoms with E-state index in [0.717, 1.165) is 0 Å². The SMILES string of the molecule is COc1ccc(C#CC(=O)O)c(O)c1. The smallest absolute Gasteiger partial charge is 0.382 e. The minimum absolute atomic E-state index is 0.0990. The molecule has 0 aromatic heterocycles. The van der Waals surface area contributed by atoms with Crippen molar-refractivity contribution in [3.8, 4) is 23.3 Å². The number of carboxylic acids is 1. The molecule has 1 rings (SSSR count). The van der Waals surface area contributed by atoms with E-state index in [1.54, 1.807) is 6.07 Å². The summed E-state index contributed by atoms with van der Waals surface area (Å²) in [5, 5.41) is 17.6. The van der Waals surface area contributed by atoms with E-state index in [2.05, 4.69) is 5.92 Å². The van der Waals surface area contributed by atoms with Crippen molar-refractivity contribution in [1.29, 1.82) is 0 Å². The molecule has 4 nitrogen and oxygen atoms in total. The Morgan fingerprint density at radius 1 is 1.50 bits per heavy atom. The number of phenolic OH excluding ortho intramolecular Hbond substituents is 1. The number of carbonyl (C=O) groups is 1. The summed E-state index contributed by atoms with van der Waals surface area (Å²) in [5.74, 6) is 3.37. The lowest BCUT2D eigenvalue weighted by Crippen LogP contribution is -1.88. The molecule has 0 heterocycles. The molecule has 0 amide bonds. The third-order valence-corrected chi connectivity index (χ3v) is 1.51. The largest absolute Gasteiger partial charge is 0.507 e. The zero-order valence-electron chi connectivity index (χ0n) is 7.44. The number of hydrogen-bond donors (Lipinski definition) is 2. The maximum Gasteiger partial charge on any atom is 0.382 e. The summed E-state index contributed by atoms with van der Waals surface area (Å²) in [6, 6.07) is 4.45. The van der Waals surface area contributed by atoms with Crippen molar-refractivity contribution in [2.75, 3.05) is 7.11 Å². The van der Waals surface area contributed by atoms with Crippen LogP contribution in [-0.4, -0.2) is 23.3 Å². The van der Waals surface area contributed by atoms with Gasteiger partial charge in [-0.15, -0.1) is 0 Å². The lowest BCUT2D eigenvalue weighted by molar-refractivity contribution is -0.130.